The maximum absolute atomic E-state index is 11.7. The third-order valence-corrected chi connectivity index (χ3v) is 2.54. The topological polar surface area (TPSA) is 72.3 Å². The fourth-order valence-electron chi connectivity index (χ4n) is 1.40. The van der Waals surface area contributed by atoms with Crippen molar-refractivity contribution < 1.29 is 14.6 Å². The zero-order valence-corrected chi connectivity index (χ0v) is 10.6. The summed E-state index contributed by atoms with van der Waals surface area (Å²) in [7, 11) is 0. The second kappa shape index (κ2) is 5.97. The van der Waals surface area contributed by atoms with Crippen LogP contribution in [0.5, 0.6) is 0 Å². The van der Waals surface area contributed by atoms with Gasteiger partial charge in [-0.1, -0.05) is 17.7 Å². The van der Waals surface area contributed by atoms with Gasteiger partial charge < -0.3 is 0 Å². The van der Waals surface area contributed by atoms with Crippen LogP contribution in [0.4, 0.5) is 10.6 Å². The SMILES string of the molecule is O=C(NC(=O)c1ccc(Cl)cc1)Nc1cccc[nH+]1. The fourth-order valence-corrected chi connectivity index (χ4v) is 1.53. The predicted molar refractivity (Wildman–Crippen MR) is 70.9 cm³/mol. The fraction of sp³-hybridized carbons (Fsp3) is 0. The Hall–Kier alpha value is -2.40. The molecule has 0 spiro atoms. The first-order valence-corrected chi connectivity index (χ1v) is 5.87. The van der Waals surface area contributed by atoms with E-state index in [2.05, 4.69) is 15.6 Å². The van der Waals surface area contributed by atoms with Crippen LogP contribution in [0.25, 0.3) is 0 Å². The largest absolute Gasteiger partial charge is 0.413 e. The molecule has 96 valence electrons. The molecule has 0 fully saturated rings. The minimum atomic E-state index is -0.609. The molecule has 2 rings (SSSR count). The molecule has 1 aromatic carbocycles. The monoisotopic (exact) mass is 276 g/mol. The molecule has 0 aliphatic heterocycles. The van der Waals surface area contributed by atoms with E-state index in [9.17, 15) is 9.59 Å². The number of anilines is 1. The van der Waals surface area contributed by atoms with Crippen LogP contribution in [-0.2, 0) is 0 Å². The van der Waals surface area contributed by atoms with Crippen molar-refractivity contribution in [3.8, 4) is 0 Å². The smallest absolute Gasteiger partial charge is 0.269 e. The number of carbonyl (C=O) groups excluding carboxylic acids is 2. The zero-order chi connectivity index (χ0) is 13.7. The highest BCUT2D eigenvalue weighted by Gasteiger charge is 2.14. The van der Waals surface area contributed by atoms with Crippen molar-refractivity contribution in [2.75, 3.05) is 5.32 Å². The van der Waals surface area contributed by atoms with Gasteiger partial charge in [0.2, 0.25) is 0 Å². The van der Waals surface area contributed by atoms with Crippen molar-refractivity contribution in [3.05, 3.63) is 59.2 Å². The number of imide groups is 1. The number of pyridine rings is 1. The van der Waals surface area contributed by atoms with Gasteiger partial charge in [0.05, 0.1) is 6.20 Å². The number of aromatic amines is 1. The number of hydrogen-bond acceptors (Lipinski definition) is 2. The van der Waals surface area contributed by atoms with Crippen molar-refractivity contribution in [1.82, 2.24) is 5.32 Å². The number of rotatable bonds is 2. The summed E-state index contributed by atoms with van der Waals surface area (Å²) in [5, 5.41) is 5.24. The van der Waals surface area contributed by atoms with Crippen molar-refractivity contribution in [3.63, 3.8) is 0 Å². The van der Waals surface area contributed by atoms with E-state index in [1.807, 2.05) is 0 Å². The second-order valence-electron chi connectivity index (χ2n) is 3.69. The zero-order valence-electron chi connectivity index (χ0n) is 9.81. The van der Waals surface area contributed by atoms with E-state index in [0.29, 0.717) is 16.4 Å². The standard InChI is InChI=1S/C13H10ClN3O2/c14-10-6-4-9(5-7-10)12(18)17-13(19)16-11-3-1-2-8-15-11/h1-8H,(H2,15,16,17,18,19)/p+1. The lowest BCUT2D eigenvalue weighted by molar-refractivity contribution is -0.360. The second-order valence-corrected chi connectivity index (χ2v) is 4.13. The number of aromatic nitrogens is 1. The first kappa shape index (κ1) is 13.0. The van der Waals surface area contributed by atoms with Gasteiger partial charge in [0.25, 0.3) is 11.7 Å². The number of H-pyrrole nitrogens is 1. The Morgan fingerprint density at radius 3 is 2.42 bits per heavy atom. The summed E-state index contributed by atoms with van der Waals surface area (Å²) in [5.41, 5.74) is 0.358. The van der Waals surface area contributed by atoms with Gasteiger partial charge in [-0.15, -0.1) is 0 Å². The van der Waals surface area contributed by atoms with E-state index in [-0.39, 0.29) is 0 Å². The Bertz CT molecular complexity index is 585. The number of nitrogens with one attached hydrogen (secondary N) is 3. The molecule has 0 saturated carbocycles. The molecular weight excluding hydrogens is 266 g/mol. The molecule has 0 unspecified atom stereocenters. The molecule has 5 nitrogen and oxygen atoms in total. The van der Waals surface area contributed by atoms with Gasteiger partial charge in [-0.3, -0.25) is 10.1 Å². The van der Waals surface area contributed by atoms with Crippen LogP contribution >= 0.6 is 11.6 Å². The lowest BCUT2D eigenvalue weighted by atomic mass is 10.2. The number of halogens is 1. The van der Waals surface area contributed by atoms with Crippen LogP contribution in [0.3, 0.4) is 0 Å². The molecular formula is C13H11ClN3O2+. The Morgan fingerprint density at radius 2 is 1.79 bits per heavy atom. The van der Waals surface area contributed by atoms with Crippen LogP contribution in [0.2, 0.25) is 5.02 Å². The molecule has 1 heterocycles. The van der Waals surface area contributed by atoms with E-state index in [0.717, 1.165) is 0 Å². The summed E-state index contributed by atoms with van der Waals surface area (Å²) in [5.74, 6) is -0.00555. The van der Waals surface area contributed by atoms with E-state index in [1.54, 1.807) is 48.7 Å². The summed E-state index contributed by atoms with van der Waals surface area (Å²) >= 11 is 5.71. The highest BCUT2D eigenvalue weighted by atomic mass is 35.5. The highest BCUT2D eigenvalue weighted by molar-refractivity contribution is 6.30. The molecule has 0 aliphatic rings. The van der Waals surface area contributed by atoms with Gasteiger partial charge in [0, 0.05) is 16.7 Å². The van der Waals surface area contributed by atoms with E-state index < -0.39 is 11.9 Å². The molecule has 0 atom stereocenters. The van der Waals surface area contributed by atoms with Crippen molar-refractivity contribution in [1.29, 1.82) is 0 Å². The van der Waals surface area contributed by atoms with Gasteiger partial charge >= 0.3 is 6.03 Å². The average Bonchev–Trinajstić information content (AvgIpc) is 2.40. The minimum absolute atomic E-state index is 0.358. The van der Waals surface area contributed by atoms with Crippen molar-refractivity contribution in [2.24, 2.45) is 0 Å². The Labute approximate surface area is 114 Å². The molecule has 0 bridgehead atoms. The number of carbonyl (C=O) groups is 2. The molecule has 2 aromatic rings. The highest BCUT2D eigenvalue weighted by Crippen LogP contribution is 2.09. The lowest BCUT2D eigenvalue weighted by Gasteiger charge is -2.01. The first-order valence-electron chi connectivity index (χ1n) is 5.50. The van der Waals surface area contributed by atoms with E-state index >= 15 is 0 Å². The summed E-state index contributed by atoms with van der Waals surface area (Å²) in [6, 6.07) is 10.8. The summed E-state index contributed by atoms with van der Waals surface area (Å²) in [6.07, 6.45) is 1.66. The van der Waals surface area contributed by atoms with Gasteiger partial charge in [-0.05, 0) is 30.3 Å². The van der Waals surface area contributed by atoms with Crippen molar-refractivity contribution >= 4 is 29.4 Å². The number of hydrogen-bond donors (Lipinski definition) is 2. The van der Waals surface area contributed by atoms with Crippen LogP contribution in [0.1, 0.15) is 10.4 Å². The summed E-state index contributed by atoms with van der Waals surface area (Å²) in [6.45, 7) is 0. The van der Waals surface area contributed by atoms with Crippen LogP contribution < -0.4 is 15.6 Å². The summed E-state index contributed by atoms with van der Waals surface area (Å²) < 4.78 is 0. The lowest BCUT2D eigenvalue weighted by Crippen LogP contribution is -2.35. The Balaban J connectivity index is 1.95. The normalized spacial score (nSPS) is 9.74. The minimum Gasteiger partial charge on any atom is -0.269 e. The van der Waals surface area contributed by atoms with E-state index in [1.165, 1.54) is 0 Å². The number of amides is 3. The van der Waals surface area contributed by atoms with Crippen molar-refractivity contribution in [2.45, 2.75) is 0 Å². The number of benzene rings is 1. The van der Waals surface area contributed by atoms with Crippen LogP contribution in [-0.4, -0.2) is 11.9 Å². The van der Waals surface area contributed by atoms with Gasteiger partial charge in [-0.25, -0.2) is 9.78 Å². The third kappa shape index (κ3) is 3.79. The van der Waals surface area contributed by atoms with Gasteiger partial charge in [0.15, 0.2) is 0 Å². The number of urea groups is 1. The maximum Gasteiger partial charge on any atom is 0.413 e. The average molecular weight is 277 g/mol. The molecule has 19 heavy (non-hydrogen) atoms. The molecule has 3 amide bonds. The molecule has 1 aromatic heterocycles. The molecule has 6 heteroatoms. The Morgan fingerprint density at radius 1 is 1.05 bits per heavy atom. The van der Waals surface area contributed by atoms with Crippen LogP contribution in [0, 0.1) is 0 Å². The van der Waals surface area contributed by atoms with Gasteiger partial charge in [0.1, 0.15) is 0 Å². The predicted octanol–water partition coefficient (Wildman–Crippen LogP) is 2.12. The van der Waals surface area contributed by atoms with Gasteiger partial charge in [-0.2, -0.15) is 5.32 Å². The molecule has 0 radical (unpaired) electrons. The van der Waals surface area contributed by atoms with E-state index in [4.69, 9.17) is 11.6 Å². The maximum atomic E-state index is 11.7. The summed E-state index contributed by atoms with van der Waals surface area (Å²) in [4.78, 5) is 26.1. The molecule has 0 aliphatic carbocycles. The quantitative estimate of drug-likeness (QED) is 0.882. The molecule has 3 N–H and O–H groups in total. The molecule has 0 saturated heterocycles. The first-order chi connectivity index (χ1) is 9.15. The van der Waals surface area contributed by atoms with Crippen LogP contribution in [0.15, 0.2) is 48.7 Å². The Kier molecular flexibility index (Phi) is 4.10. The third-order valence-electron chi connectivity index (χ3n) is 2.29.